The fraction of sp³-hybridized carbons (Fsp3) is 0.0500. The Labute approximate surface area is 163 Å². The first-order valence-corrected chi connectivity index (χ1v) is 8.82. The molecule has 7 heteroatoms. The van der Waals surface area contributed by atoms with Crippen LogP contribution in [0, 0.1) is 11.6 Å². The molecule has 0 radical (unpaired) electrons. The van der Waals surface area contributed by atoms with Crippen LogP contribution < -0.4 is 15.6 Å². The van der Waals surface area contributed by atoms with Gasteiger partial charge in [-0.1, -0.05) is 40.2 Å². The number of anilines is 1. The van der Waals surface area contributed by atoms with E-state index in [1.165, 1.54) is 6.07 Å². The van der Waals surface area contributed by atoms with Gasteiger partial charge < -0.3 is 10.2 Å². The van der Waals surface area contributed by atoms with Crippen LogP contribution in [0.15, 0.2) is 71.2 Å². The standard InChI is InChI=1S/C20H15BrF2N2O2/c21-14-9-10-18(27-20(26)19-16(22)7-4-8-17(19)23)13(11-14)12-24-25-15-5-2-1-3-6-15/h1-11,24-25H,12H2. The van der Waals surface area contributed by atoms with Crippen molar-refractivity contribution in [1.29, 1.82) is 0 Å². The summed E-state index contributed by atoms with van der Waals surface area (Å²) in [5, 5.41) is 0. The average Bonchev–Trinajstić information content (AvgIpc) is 2.64. The van der Waals surface area contributed by atoms with E-state index in [-0.39, 0.29) is 5.75 Å². The second kappa shape index (κ2) is 8.75. The summed E-state index contributed by atoms with van der Waals surface area (Å²) in [5.41, 5.74) is 6.79. The maximum absolute atomic E-state index is 13.8. The van der Waals surface area contributed by atoms with E-state index < -0.39 is 23.2 Å². The number of carbonyl (C=O) groups is 1. The number of halogens is 3. The maximum Gasteiger partial charge on any atom is 0.349 e. The van der Waals surface area contributed by atoms with Gasteiger partial charge in [0.2, 0.25) is 0 Å². The van der Waals surface area contributed by atoms with E-state index in [2.05, 4.69) is 26.8 Å². The molecule has 0 unspecified atom stereocenters. The highest BCUT2D eigenvalue weighted by Gasteiger charge is 2.20. The molecule has 0 amide bonds. The average molecular weight is 433 g/mol. The Morgan fingerprint density at radius 3 is 2.37 bits per heavy atom. The van der Waals surface area contributed by atoms with E-state index in [1.807, 2.05) is 30.3 Å². The van der Waals surface area contributed by atoms with E-state index in [0.29, 0.717) is 12.1 Å². The van der Waals surface area contributed by atoms with Gasteiger partial charge in [-0.25, -0.2) is 19.0 Å². The topological polar surface area (TPSA) is 50.4 Å². The van der Waals surface area contributed by atoms with Crippen LogP contribution in [-0.2, 0) is 6.54 Å². The summed E-state index contributed by atoms with van der Waals surface area (Å²) in [4.78, 5) is 12.2. The number of ether oxygens (including phenoxy) is 1. The third-order valence-electron chi connectivity index (χ3n) is 3.68. The molecular formula is C20H15BrF2N2O2. The van der Waals surface area contributed by atoms with Gasteiger partial charge in [0.05, 0.1) is 0 Å². The number of hydrazine groups is 1. The molecule has 3 aromatic carbocycles. The molecule has 0 fully saturated rings. The van der Waals surface area contributed by atoms with Crippen molar-refractivity contribution in [3.63, 3.8) is 0 Å². The van der Waals surface area contributed by atoms with Gasteiger partial charge in [0, 0.05) is 22.3 Å². The van der Waals surface area contributed by atoms with Gasteiger partial charge in [-0.3, -0.25) is 0 Å². The summed E-state index contributed by atoms with van der Waals surface area (Å²) in [6.45, 7) is 0.302. The van der Waals surface area contributed by atoms with Gasteiger partial charge >= 0.3 is 5.97 Å². The van der Waals surface area contributed by atoms with Crippen LogP contribution in [0.1, 0.15) is 15.9 Å². The Hall–Kier alpha value is -2.77. The second-order valence-electron chi connectivity index (χ2n) is 5.58. The van der Waals surface area contributed by atoms with Crippen molar-refractivity contribution in [2.24, 2.45) is 0 Å². The highest BCUT2D eigenvalue weighted by atomic mass is 79.9. The minimum absolute atomic E-state index is 0.202. The van der Waals surface area contributed by atoms with E-state index in [1.54, 1.807) is 18.2 Å². The van der Waals surface area contributed by atoms with Gasteiger partial charge in [0.1, 0.15) is 22.9 Å². The Morgan fingerprint density at radius 1 is 0.963 bits per heavy atom. The molecule has 3 rings (SSSR count). The summed E-state index contributed by atoms with van der Waals surface area (Å²) in [5.74, 6) is -2.83. The molecule has 3 aromatic rings. The molecule has 2 N–H and O–H groups in total. The van der Waals surface area contributed by atoms with E-state index in [4.69, 9.17) is 4.74 Å². The number of hydrogen-bond acceptors (Lipinski definition) is 4. The zero-order valence-corrected chi connectivity index (χ0v) is 15.6. The van der Waals surface area contributed by atoms with Crippen molar-refractivity contribution >= 4 is 27.6 Å². The monoisotopic (exact) mass is 432 g/mol. The first-order valence-electron chi connectivity index (χ1n) is 8.03. The molecule has 0 saturated carbocycles. The smallest absolute Gasteiger partial charge is 0.349 e. The Balaban J connectivity index is 1.74. The number of carbonyl (C=O) groups excluding carboxylic acids is 1. The van der Waals surface area contributed by atoms with Gasteiger partial charge in [-0.15, -0.1) is 0 Å². The van der Waals surface area contributed by atoms with Gasteiger partial charge in [-0.2, -0.15) is 0 Å². The lowest BCUT2D eigenvalue weighted by atomic mass is 10.2. The number of benzene rings is 3. The zero-order valence-electron chi connectivity index (χ0n) is 14.0. The normalized spacial score (nSPS) is 10.5. The van der Waals surface area contributed by atoms with Crippen LogP contribution in [0.3, 0.4) is 0 Å². The summed E-state index contributed by atoms with van der Waals surface area (Å²) >= 11 is 3.36. The quantitative estimate of drug-likeness (QED) is 0.324. The summed E-state index contributed by atoms with van der Waals surface area (Å²) in [7, 11) is 0. The summed E-state index contributed by atoms with van der Waals surface area (Å²) in [6, 6.07) is 17.6. The molecule has 0 atom stereocenters. The number of para-hydroxylation sites is 1. The highest BCUT2D eigenvalue weighted by Crippen LogP contribution is 2.25. The lowest BCUT2D eigenvalue weighted by Crippen LogP contribution is -2.22. The molecule has 138 valence electrons. The Kier molecular flexibility index (Phi) is 6.16. The molecule has 0 saturated heterocycles. The number of rotatable bonds is 6. The number of nitrogens with one attached hydrogen (secondary N) is 2. The molecule has 0 aliphatic heterocycles. The van der Waals surface area contributed by atoms with Crippen LogP contribution in [0.2, 0.25) is 0 Å². The van der Waals surface area contributed by atoms with E-state index in [0.717, 1.165) is 22.3 Å². The molecular weight excluding hydrogens is 418 g/mol. The molecule has 27 heavy (non-hydrogen) atoms. The summed E-state index contributed by atoms with van der Waals surface area (Å²) in [6.07, 6.45) is 0. The fourth-order valence-electron chi connectivity index (χ4n) is 2.39. The molecule has 0 heterocycles. The van der Waals surface area contributed by atoms with E-state index >= 15 is 0 Å². The second-order valence-corrected chi connectivity index (χ2v) is 6.50. The Bertz CT molecular complexity index is 932. The predicted molar refractivity (Wildman–Crippen MR) is 102 cm³/mol. The summed E-state index contributed by atoms with van der Waals surface area (Å²) < 4.78 is 33.6. The van der Waals surface area contributed by atoms with Crippen LogP contribution in [0.5, 0.6) is 5.75 Å². The molecule has 0 aliphatic rings. The minimum atomic E-state index is -1.09. The van der Waals surface area contributed by atoms with Crippen molar-refractivity contribution in [2.75, 3.05) is 5.43 Å². The van der Waals surface area contributed by atoms with Crippen molar-refractivity contribution in [2.45, 2.75) is 6.54 Å². The molecule has 4 nitrogen and oxygen atoms in total. The van der Waals surface area contributed by atoms with Crippen molar-refractivity contribution in [1.82, 2.24) is 5.43 Å². The molecule has 0 bridgehead atoms. The van der Waals surface area contributed by atoms with Crippen LogP contribution >= 0.6 is 15.9 Å². The largest absolute Gasteiger partial charge is 0.422 e. The lowest BCUT2D eigenvalue weighted by Gasteiger charge is -2.13. The van der Waals surface area contributed by atoms with Crippen LogP contribution in [-0.4, -0.2) is 5.97 Å². The predicted octanol–water partition coefficient (Wildman–Crippen LogP) is 5.06. The van der Waals surface area contributed by atoms with E-state index in [9.17, 15) is 13.6 Å². The number of esters is 1. The van der Waals surface area contributed by atoms with Crippen molar-refractivity contribution in [3.05, 3.63) is 94.0 Å². The first kappa shape index (κ1) is 19.0. The third-order valence-corrected chi connectivity index (χ3v) is 4.17. The lowest BCUT2D eigenvalue weighted by molar-refractivity contribution is 0.0723. The molecule has 0 aromatic heterocycles. The maximum atomic E-state index is 13.8. The van der Waals surface area contributed by atoms with Gasteiger partial charge in [-0.05, 0) is 42.5 Å². The molecule has 0 spiro atoms. The minimum Gasteiger partial charge on any atom is -0.422 e. The van der Waals surface area contributed by atoms with Gasteiger partial charge in [0.15, 0.2) is 0 Å². The number of hydrogen-bond donors (Lipinski definition) is 2. The van der Waals surface area contributed by atoms with Crippen LogP contribution in [0.25, 0.3) is 0 Å². The first-order chi connectivity index (χ1) is 13.0. The fourth-order valence-corrected chi connectivity index (χ4v) is 2.80. The highest BCUT2D eigenvalue weighted by molar-refractivity contribution is 9.10. The zero-order chi connectivity index (χ0) is 19.2. The van der Waals surface area contributed by atoms with Crippen molar-refractivity contribution in [3.8, 4) is 5.75 Å². The SMILES string of the molecule is O=C(Oc1ccc(Br)cc1CNNc1ccccc1)c1c(F)cccc1F. The van der Waals surface area contributed by atoms with Crippen LogP contribution in [0.4, 0.5) is 14.5 Å². The Morgan fingerprint density at radius 2 is 1.67 bits per heavy atom. The van der Waals surface area contributed by atoms with Gasteiger partial charge in [0.25, 0.3) is 0 Å². The van der Waals surface area contributed by atoms with Crippen molar-refractivity contribution < 1.29 is 18.3 Å². The third kappa shape index (κ3) is 4.90. The molecule has 0 aliphatic carbocycles.